The number of aryl methyl sites for hydroxylation is 1. The van der Waals surface area contributed by atoms with E-state index in [1.807, 2.05) is 6.92 Å². The van der Waals surface area contributed by atoms with Crippen molar-refractivity contribution in [2.24, 2.45) is 0 Å². The Morgan fingerprint density at radius 3 is 2.68 bits per heavy atom. The Bertz CT molecular complexity index is 404. The van der Waals surface area contributed by atoms with Gasteiger partial charge in [0.25, 0.3) is 0 Å². The molecule has 0 radical (unpaired) electrons. The number of unbranched alkanes of at least 4 members (excludes halogenated alkanes) is 3. The molecule has 0 saturated heterocycles. The summed E-state index contributed by atoms with van der Waals surface area (Å²) in [6.07, 6.45) is 4.35. The summed E-state index contributed by atoms with van der Waals surface area (Å²) in [6, 6.07) is 4.93. The lowest BCUT2D eigenvalue weighted by molar-refractivity contribution is -0.137. The standard InChI is InChI=1S/C15H21FO3/c1-2-12-8-9-13(16)14(11-12)19-10-6-4-3-5-7-15(17)18/h8-9,11H,2-7,10H2,1H3,(H,17,18). The van der Waals surface area contributed by atoms with Crippen molar-refractivity contribution < 1.29 is 19.0 Å². The van der Waals surface area contributed by atoms with Crippen molar-refractivity contribution in [3.05, 3.63) is 29.6 Å². The zero-order chi connectivity index (χ0) is 14.1. The minimum absolute atomic E-state index is 0.216. The Morgan fingerprint density at radius 1 is 1.26 bits per heavy atom. The molecule has 0 aliphatic heterocycles. The van der Waals surface area contributed by atoms with E-state index in [4.69, 9.17) is 9.84 Å². The van der Waals surface area contributed by atoms with Crippen molar-refractivity contribution in [2.45, 2.75) is 45.4 Å². The monoisotopic (exact) mass is 268 g/mol. The molecule has 0 unspecified atom stereocenters. The Hall–Kier alpha value is -1.58. The molecule has 0 spiro atoms. The summed E-state index contributed by atoms with van der Waals surface area (Å²) in [5, 5.41) is 8.48. The van der Waals surface area contributed by atoms with Gasteiger partial charge in [0.1, 0.15) is 0 Å². The third kappa shape index (κ3) is 6.22. The van der Waals surface area contributed by atoms with Crippen molar-refractivity contribution in [1.29, 1.82) is 0 Å². The van der Waals surface area contributed by atoms with Crippen LogP contribution in [0.1, 0.15) is 44.6 Å². The van der Waals surface area contributed by atoms with E-state index >= 15 is 0 Å². The SMILES string of the molecule is CCc1ccc(F)c(OCCCCCCC(=O)O)c1. The Kier molecular flexibility index (Phi) is 6.93. The molecule has 1 aromatic rings. The van der Waals surface area contributed by atoms with Crippen LogP contribution >= 0.6 is 0 Å². The molecular weight excluding hydrogens is 247 g/mol. The van der Waals surface area contributed by atoms with Gasteiger partial charge in [0.05, 0.1) is 6.61 Å². The van der Waals surface area contributed by atoms with Crippen LogP contribution in [0.15, 0.2) is 18.2 Å². The molecule has 0 aliphatic rings. The van der Waals surface area contributed by atoms with Crippen LogP contribution in [0, 0.1) is 5.82 Å². The number of carboxylic acids is 1. The fraction of sp³-hybridized carbons (Fsp3) is 0.533. The molecule has 106 valence electrons. The largest absolute Gasteiger partial charge is 0.491 e. The number of rotatable bonds is 9. The Balaban J connectivity index is 2.20. The maximum atomic E-state index is 13.4. The Morgan fingerprint density at radius 2 is 2.00 bits per heavy atom. The third-order valence-electron chi connectivity index (χ3n) is 2.95. The average molecular weight is 268 g/mol. The van der Waals surface area contributed by atoms with Crippen LogP contribution in [0.2, 0.25) is 0 Å². The van der Waals surface area contributed by atoms with Crippen molar-refractivity contribution in [3.8, 4) is 5.75 Å². The zero-order valence-corrected chi connectivity index (χ0v) is 11.3. The lowest BCUT2D eigenvalue weighted by Crippen LogP contribution is -2.00. The molecule has 0 bridgehead atoms. The molecule has 0 amide bonds. The number of hydrogen-bond acceptors (Lipinski definition) is 2. The molecule has 1 aromatic carbocycles. The van der Waals surface area contributed by atoms with Gasteiger partial charge in [-0.3, -0.25) is 4.79 Å². The van der Waals surface area contributed by atoms with Gasteiger partial charge in [-0.25, -0.2) is 4.39 Å². The van der Waals surface area contributed by atoms with Crippen LogP contribution < -0.4 is 4.74 Å². The quantitative estimate of drug-likeness (QED) is 0.693. The van der Waals surface area contributed by atoms with Crippen molar-refractivity contribution in [3.63, 3.8) is 0 Å². The second kappa shape index (κ2) is 8.51. The number of aliphatic carboxylic acids is 1. The molecule has 3 nitrogen and oxygen atoms in total. The number of benzene rings is 1. The van der Waals surface area contributed by atoms with Gasteiger partial charge in [0.2, 0.25) is 0 Å². The van der Waals surface area contributed by atoms with Gasteiger partial charge in [-0.05, 0) is 37.0 Å². The van der Waals surface area contributed by atoms with E-state index in [9.17, 15) is 9.18 Å². The summed E-state index contributed by atoms with van der Waals surface area (Å²) in [5.74, 6) is -0.775. The van der Waals surface area contributed by atoms with Crippen LogP contribution in [0.3, 0.4) is 0 Å². The lowest BCUT2D eigenvalue weighted by Gasteiger charge is -2.08. The van der Waals surface area contributed by atoms with Crippen LogP contribution in [-0.2, 0) is 11.2 Å². The lowest BCUT2D eigenvalue weighted by atomic mass is 10.1. The maximum Gasteiger partial charge on any atom is 0.303 e. The first-order valence-electron chi connectivity index (χ1n) is 6.76. The number of ether oxygens (including phenoxy) is 1. The van der Waals surface area contributed by atoms with Gasteiger partial charge in [-0.2, -0.15) is 0 Å². The maximum absolute atomic E-state index is 13.4. The summed E-state index contributed by atoms with van der Waals surface area (Å²) in [7, 11) is 0. The molecule has 0 fully saturated rings. The molecule has 1 rings (SSSR count). The van der Waals surface area contributed by atoms with Gasteiger partial charge in [0.15, 0.2) is 11.6 Å². The van der Waals surface area contributed by atoms with Crippen LogP contribution in [0.25, 0.3) is 0 Å². The van der Waals surface area contributed by atoms with Gasteiger partial charge >= 0.3 is 5.97 Å². The van der Waals surface area contributed by atoms with E-state index in [-0.39, 0.29) is 12.2 Å². The molecule has 0 aromatic heterocycles. The van der Waals surface area contributed by atoms with E-state index < -0.39 is 5.97 Å². The zero-order valence-electron chi connectivity index (χ0n) is 11.3. The molecule has 4 heteroatoms. The molecule has 19 heavy (non-hydrogen) atoms. The van der Waals surface area contributed by atoms with Crippen molar-refractivity contribution in [1.82, 2.24) is 0 Å². The molecule has 0 saturated carbocycles. The fourth-order valence-corrected chi connectivity index (χ4v) is 1.79. The average Bonchev–Trinajstić information content (AvgIpc) is 2.39. The fourth-order valence-electron chi connectivity index (χ4n) is 1.79. The molecule has 0 atom stereocenters. The number of hydrogen-bond donors (Lipinski definition) is 1. The summed E-state index contributed by atoms with van der Waals surface area (Å²) >= 11 is 0. The van der Waals surface area contributed by atoms with Crippen LogP contribution in [0.4, 0.5) is 4.39 Å². The Labute approximate surface area is 113 Å². The van der Waals surface area contributed by atoms with E-state index in [1.54, 1.807) is 12.1 Å². The summed E-state index contributed by atoms with van der Waals surface area (Å²) in [4.78, 5) is 10.3. The molecule has 0 heterocycles. The second-order valence-corrected chi connectivity index (χ2v) is 4.52. The second-order valence-electron chi connectivity index (χ2n) is 4.52. The predicted octanol–water partition coefficient (Wildman–Crippen LogP) is 3.80. The first-order chi connectivity index (χ1) is 9.13. The third-order valence-corrected chi connectivity index (χ3v) is 2.95. The summed E-state index contributed by atoms with van der Waals surface area (Å²) < 4.78 is 18.9. The minimum Gasteiger partial charge on any atom is -0.491 e. The van der Waals surface area contributed by atoms with Crippen LogP contribution in [-0.4, -0.2) is 17.7 Å². The summed E-state index contributed by atoms with van der Waals surface area (Å²) in [5.41, 5.74) is 1.05. The topological polar surface area (TPSA) is 46.5 Å². The van der Waals surface area contributed by atoms with Gasteiger partial charge in [0, 0.05) is 6.42 Å². The normalized spacial score (nSPS) is 10.4. The van der Waals surface area contributed by atoms with E-state index in [1.165, 1.54) is 6.07 Å². The summed E-state index contributed by atoms with van der Waals surface area (Å²) in [6.45, 7) is 2.48. The van der Waals surface area contributed by atoms with E-state index in [2.05, 4.69) is 0 Å². The minimum atomic E-state index is -0.755. The van der Waals surface area contributed by atoms with Gasteiger partial charge in [-0.1, -0.05) is 25.8 Å². The number of carbonyl (C=O) groups is 1. The van der Waals surface area contributed by atoms with Crippen LogP contribution in [0.5, 0.6) is 5.75 Å². The highest BCUT2D eigenvalue weighted by atomic mass is 19.1. The number of halogens is 1. The number of carboxylic acid groups (broad SMARTS) is 1. The molecule has 1 N–H and O–H groups in total. The highest BCUT2D eigenvalue weighted by Crippen LogP contribution is 2.19. The highest BCUT2D eigenvalue weighted by Gasteiger charge is 2.04. The molecular formula is C15H21FO3. The smallest absolute Gasteiger partial charge is 0.303 e. The highest BCUT2D eigenvalue weighted by molar-refractivity contribution is 5.66. The van der Waals surface area contributed by atoms with Crippen molar-refractivity contribution in [2.75, 3.05) is 6.61 Å². The first-order valence-corrected chi connectivity index (χ1v) is 6.76. The van der Waals surface area contributed by atoms with Gasteiger partial charge in [-0.15, -0.1) is 0 Å². The van der Waals surface area contributed by atoms with E-state index in [0.29, 0.717) is 18.8 Å². The first kappa shape index (κ1) is 15.5. The van der Waals surface area contributed by atoms with Crippen molar-refractivity contribution >= 4 is 5.97 Å². The van der Waals surface area contributed by atoms with E-state index in [0.717, 1.165) is 31.2 Å². The van der Waals surface area contributed by atoms with Gasteiger partial charge < -0.3 is 9.84 Å². The predicted molar refractivity (Wildman–Crippen MR) is 72.0 cm³/mol. The molecule has 0 aliphatic carbocycles.